The van der Waals surface area contributed by atoms with Gasteiger partial charge in [-0.2, -0.15) is 0 Å². The number of halogens is 3. The highest BCUT2D eigenvalue weighted by Crippen LogP contribution is 2.25. The fourth-order valence-corrected chi connectivity index (χ4v) is 2.08. The molecule has 0 radical (unpaired) electrons. The van der Waals surface area contributed by atoms with Crippen molar-refractivity contribution in [2.24, 2.45) is 5.73 Å². The van der Waals surface area contributed by atoms with E-state index in [0.29, 0.717) is 11.3 Å². The number of pyridine rings is 1. The van der Waals surface area contributed by atoms with Gasteiger partial charge in [-0.3, -0.25) is 4.98 Å². The summed E-state index contributed by atoms with van der Waals surface area (Å²) in [6, 6.07) is 7.54. The monoisotopic (exact) mass is 282 g/mol. The predicted molar refractivity (Wildman–Crippen MR) is 70.8 cm³/mol. The summed E-state index contributed by atoms with van der Waals surface area (Å²) >= 11 is 5.73. The Balaban J connectivity index is 2.30. The summed E-state index contributed by atoms with van der Waals surface area (Å²) < 4.78 is 26.7. The number of hydrogen-bond acceptors (Lipinski definition) is 2. The molecule has 0 saturated carbocycles. The lowest BCUT2D eigenvalue weighted by molar-refractivity contribution is 0.459. The van der Waals surface area contributed by atoms with Gasteiger partial charge in [0.25, 0.3) is 0 Å². The Bertz CT molecular complexity index is 582. The minimum Gasteiger partial charge on any atom is -0.320 e. The molecule has 2 rings (SSSR count). The zero-order chi connectivity index (χ0) is 14.0. The fourth-order valence-electron chi connectivity index (χ4n) is 1.88. The van der Waals surface area contributed by atoms with Crippen molar-refractivity contribution < 1.29 is 8.78 Å². The van der Waals surface area contributed by atoms with Gasteiger partial charge < -0.3 is 5.73 Å². The lowest BCUT2D eigenvalue weighted by Crippen LogP contribution is -2.36. The Morgan fingerprint density at radius 3 is 2.63 bits per heavy atom. The third-order valence-electron chi connectivity index (χ3n) is 2.90. The summed E-state index contributed by atoms with van der Waals surface area (Å²) in [5.74, 6) is -0.920. The molecule has 1 heterocycles. The SMILES string of the molecule is CC(N)(Cc1cccc(Cl)c1F)c1ccc(F)cn1. The van der Waals surface area contributed by atoms with Gasteiger partial charge in [0.1, 0.15) is 11.6 Å². The molecule has 0 saturated heterocycles. The first kappa shape index (κ1) is 13.9. The van der Waals surface area contributed by atoms with Gasteiger partial charge in [-0.1, -0.05) is 23.7 Å². The zero-order valence-electron chi connectivity index (χ0n) is 10.3. The molecular formula is C14H13ClF2N2. The second-order valence-corrected chi connectivity index (χ2v) is 5.08. The van der Waals surface area contributed by atoms with Crippen LogP contribution in [0.15, 0.2) is 36.5 Å². The van der Waals surface area contributed by atoms with E-state index in [1.807, 2.05) is 0 Å². The minimum absolute atomic E-state index is 0.0559. The predicted octanol–water partition coefficient (Wildman–Crippen LogP) is 3.43. The molecule has 1 aromatic carbocycles. The highest BCUT2D eigenvalue weighted by molar-refractivity contribution is 6.30. The standard InChI is InChI=1S/C14H13ClF2N2/c1-14(18,12-6-5-10(16)8-19-12)7-9-3-2-4-11(15)13(9)17/h2-6,8H,7,18H2,1H3. The summed E-state index contributed by atoms with van der Waals surface area (Å²) in [5, 5.41) is 0.0559. The average Bonchev–Trinajstić information content (AvgIpc) is 2.35. The van der Waals surface area contributed by atoms with Crippen LogP contribution in [0.25, 0.3) is 0 Å². The van der Waals surface area contributed by atoms with Crippen molar-refractivity contribution >= 4 is 11.6 Å². The molecule has 2 aromatic rings. The Labute approximate surface area is 115 Å². The van der Waals surface area contributed by atoms with Crippen LogP contribution in [0.3, 0.4) is 0 Å². The number of benzene rings is 1. The van der Waals surface area contributed by atoms with Crippen molar-refractivity contribution in [3.63, 3.8) is 0 Å². The van der Waals surface area contributed by atoms with Gasteiger partial charge in [0.05, 0.1) is 22.5 Å². The Morgan fingerprint density at radius 2 is 2.00 bits per heavy atom. The lowest BCUT2D eigenvalue weighted by atomic mass is 9.90. The molecular weight excluding hydrogens is 270 g/mol. The second kappa shape index (κ2) is 5.23. The summed E-state index contributed by atoms with van der Waals surface area (Å²) in [6.45, 7) is 1.72. The molecule has 100 valence electrons. The third-order valence-corrected chi connectivity index (χ3v) is 3.19. The molecule has 5 heteroatoms. The number of nitrogens with two attached hydrogens (primary N) is 1. The van der Waals surface area contributed by atoms with E-state index < -0.39 is 17.2 Å². The topological polar surface area (TPSA) is 38.9 Å². The first-order valence-electron chi connectivity index (χ1n) is 5.74. The van der Waals surface area contributed by atoms with Gasteiger partial charge in [-0.25, -0.2) is 8.78 Å². The van der Waals surface area contributed by atoms with Gasteiger partial charge in [0.2, 0.25) is 0 Å². The molecule has 0 fully saturated rings. The van der Waals surface area contributed by atoms with E-state index in [-0.39, 0.29) is 11.4 Å². The molecule has 0 amide bonds. The first-order chi connectivity index (χ1) is 8.90. The number of hydrogen-bond donors (Lipinski definition) is 1. The van der Waals surface area contributed by atoms with Gasteiger partial charge in [-0.05, 0) is 37.1 Å². The highest BCUT2D eigenvalue weighted by Gasteiger charge is 2.25. The molecule has 1 aromatic heterocycles. The molecule has 0 aliphatic carbocycles. The summed E-state index contributed by atoms with van der Waals surface area (Å²) in [7, 11) is 0. The van der Waals surface area contributed by atoms with E-state index in [4.69, 9.17) is 17.3 Å². The van der Waals surface area contributed by atoms with Crippen molar-refractivity contribution in [1.82, 2.24) is 4.98 Å². The van der Waals surface area contributed by atoms with Crippen LogP contribution in [0.5, 0.6) is 0 Å². The molecule has 0 aliphatic rings. The Hall–Kier alpha value is -1.52. The third kappa shape index (κ3) is 3.08. The number of aromatic nitrogens is 1. The molecule has 0 bridgehead atoms. The minimum atomic E-state index is -0.904. The number of nitrogens with zero attached hydrogens (tertiary/aromatic N) is 1. The van der Waals surface area contributed by atoms with Crippen LogP contribution in [0.2, 0.25) is 5.02 Å². The maximum atomic E-state index is 13.8. The van der Waals surface area contributed by atoms with E-state index in [1.54, 1.807) is 19.1 Å². The van der Waals surface area contributed by atoms with Gasteiger partial charge in [0, 0.05) is 0 Å². The molecule has 1 atom stereocenters. The van der Waals surface area contributed by atoms with E-state index >= 15 is 0 Å². The van der Waals surface area contributed by atoms with Crippen molar-refractivity contribution in [3.8, 4) is 0 Å². The largest absolute Gasteiger partial charge is 0.320 e. The van der Waals surface area contributed by atoms with Crippen molar-refractivity contribution in [1.29, 1.82) is 0 Å². The first-order valence-corrected chi connectivity index (χ1v) is 6.12. The van der Waals surface area contributed by atoms with Gasteiger partial charge in [-0.15, -0.1) is 0 Å². The van der Waals surface area contributed by atoms with E-state index in [1.165, 1.54) is 18.2 Å². The van der Waals surface area contributed by atoms with Crippen molar-refractivity contribution in [2.75, 3.05) is 0 Å². The van der Waals surface area contributed by atoms with Crippen molar-refractivity contribution in [2.45, 2.75) is 18.9 Å². The van der Waals surface area contributed by atoms with Crippen LogP contribution in [-0.2, 0) is 12.0 Å². The molecule has 19 heavy (non-hydrogen) atoms. The zero-order valence-corrected chi connectivity index (χ0v) is 11.1. The maximum Gasteiger partial charge on any atom is 0.145 e. The van der Waals surface area contributed by atoms with Gasteiger partial charge >= 0.3 is 0 Å². The lowest BCUT2D eigenvalue weighted by Gasteiger charge is -2.24. The van der Waals surface area contributed by atoms with E-state index in [2.05, 4.69) is 4.98 Å². The molecule has 2 N–H and O–H groups in total. The Morgan fingerprint density at radius 1 is 1.26 bits per heavy atom. The van der Waals surface area contributed by atoms with Crippen LogP contribution in [0.1, 0.15) is 18.2 Å². The molecule has 1 unspecified atom stereocenters. The van der Waals surface area contributed by atoms with E-state index in [9.17, 15) is 8.78 Å². The normalized spacial score (nSPS) is 14.2. The highest BCUT2D eigenvalue weighted by atomic mass is 35.5. The summed E-state index contributed by atoms with van der Waals surface area (Å²) in [4.78, 5) is 3.94. The smallest absolute Gasteiger partial charge is 0.145 e. The van der Waals surface area contributed by atoms with Crippen LogP contribution in [0.4, 0.5) is 8.78 Å². The summed E-state index contributed by atoms with van der Waals surface area (Å²) in [6.07, 6.45) is 1.31. The summed E-state index contributed by atoms with van der Waals surface area (Å²) in [5.41, 5.74) is 6.14. The molecule has 0 aliphatic heterocycles. The van der Waals surface area contributed by atoms with Crippen LogP contribution < -0.4 is 5.73 Å². The quantitative estimate of drug-likeness (QED) is 0.937. The van der Waals surface area contributed by atoms with Crippen molar-refractivity contribution in [3.05, 3.63) is 64.4 Å². The average molecular weight is 283 g/mol. The number of rotatable bonds is 3. The molecule has 2 nitrogen and oxygen atoms in total. The van der Waals surface area contributed by atoms with Crippen LogP contribution >= 0.6 is 11.6 Å². The van der Waals surface area contributed by atoms with Gasteiger partial charge in [0.15, 0.2) is 0 Å². The maximum absolute atomic E-state index is 13.8. The second-order valence-electron chi connectivity index (χ2n) is 4.67. The van der Waals surface area contributed by atoms with Crippen LogP contribution in [0, 0.1) is 11.6 Å². The van der Waals surface area contributed by atoms with E-state index in [0.717, 1.165) is 6.20 Å². The fraction of sp³-hybridized carbons (Fsp3) is 0.214. The molecule has 0 spiro atoms. The Kier molecular flexibility index (Phi) is 3.83. The van der Waals surface area contributed by atoms with Crippen LogP contribution in [-0.4, -0.2) is 4.98 Å².